The summed E-state index contributed by atoms with van der Waals surface area (Å²) in [6, 6.07) is 8.78. The van der Waals surface area contributed by atoms with Crippen molar-refractivity contribution in [1.29, 1.82) is 0 Å². The van der Waals surface area contributed by atoms with E-state index in [-0.39, 0.29) is 0 Å². The minimum atomic E-state index is 0.412. The second-order valence-corrected chi connectivity index (χ2v) is 5.63. The number of aromatic nitrogens is 2. The van der Waals surface area contributed by atoms with E-state index in [2.05, 4.69) is 49.6 Å². The van der Waals surface area contributed by atoms with Crippen molar-refractivity contribution in [3.63, 3.8) is 0 Å². The molecule has 1 aromatic heterocycles. The summed E-state index contributed by atoms with van der Waals surface area (Å²) in [4.78, 5) is 0. The highest BCUT2D eigenvalue weighted by atomic mass is 79.9. The lowest BCUT2D eigenvalue weighted by molar-refractivity contribution is 0.405. The first kappa shape index (κ1) is 11.9. The Bertz CT molecular complexity index is 529. The number of aromatic amines is 1. The van der Waals surface area contributed by atoms with Crippen molar-refractivity contribution < 1.29 is 0 Å². The van der Waals surface area contributed by atoms with Gasteiger partial charge in [0.25, 0.3) is 0 Å². The predicted molar refractivity (Wildman–Crippen MR) is 76.3 cm³/mol. The Labute approximate surface area is 115 Å². The van der Waals surface area contributed by atoms with E-state index < -0.39 is 0 Å². The van der Waals surface area contributed by atoms with E-state index in [1.54, 1.807) is 0 Å². The Morgan fingerprint density at radius 3 is 3.00 bits per heavy atom. The van der Waals surface area contributed by atoms with Crippen molar-refractivity contribution in [3.05, 3.63) is 40.6 Å². The van der Waals surface area contributed by atoms with Crippen LogP contribution in [0.3, 0.4) is 0 Å². The zero-order valence-electron chi connectivity index (χ0n) is 10.1. The SMILES string of the molecule is Brc1cccc(-c2cn[nH]c2C2CCCCN2)c1. The third kappa shape index (κ3) is 2.35. The van der Waals surface area contributed by atoms with Gasteiger partial charge in [-0.05, 0) is 37.1 Å². The molecule has 1 unspecified atom stereocenters. The first-order valence-corrected chi connectivity index (χ1v) is 7.16. The molecule has 3 rings (SSSR count). The maximum absolute atomic E-state index is 4.22. The molecule has 3 nitrogen and oxygen atoms in total. The number of benzene rings is 1. The van der Waals surface area contributed by atoms with Crippen LogP contribution >= 0.6 is 15.9 Å². The third-order valence-electron chi connectivity index (χ3n) is 3.46. The van der Waals surface area contributed by atoms with Gasteiger partial charge in [-0.15, -0.1) is 0 Å². The fourth-order valence-corrected chi connectivity index (χ4v) is 2.95. The fraction of sp³-hybridized carbons (Fsp3) is 0.357. The van der Waals surface area contributed by atoms with E-state index in [1.807, 2.05) is 12.3 Å². The summed E-state index contributed by atoms with van der Waals surface area (Å²) in [6.45, 7) is 1.10. The van der Waals surface area contributed by atoms with Crippen LogP contribution in [0.1, 0.15) is 31.0 Å². The molecule has 4 heteroatoms. The molecule has 1 fully saturated rings. The topological polar surface area (TPSA) is 40.7 Å². The molecule has 1 aliphatic rings. The molecule has 0 amide bonds. The van der Waals surface area contributed by atoms with Gasteiger partial charge < -0.3 is 5.32 Å². The van der Waals surface area contributed by atoms with Crippen molar-refractivity contribution in [2.45, 2.75) is 25.3 Å². The minimum absolute atomic E-state index is 0.412. The highest BCUT2D eigenvalue weighted by Crippen LogP contribution is 2.31. The Morgan fingerprint density at radius 1 is 1.28 bits per heavy atom. The van der Waals surface area contributed by atoms with Crippen LogP contribution in [0.4, 0.5) is 0 Å². The normalized spacial score (nSPS) is 19.9. The fourth-order valence-electron chi connectivity index (χ4n) is 2.55. The lowest BCUT2D eigenvalue weighted by atomic mass is 9.96. The largest absolute Gasteiger partial charge is 0.309 e. The molecule has 1 atom stereocenters. The molecule has 0 radical (unpaired) electrons. The van der Waals surface area contributed by atoms with Crippen LogP contribution in [0.15, 0.2) is 34.9 Å². The maximum Gasteiger partial charge on any atom is 0.0599 e. The molecule has 1 saturated heterocycles. The van der Waals surface area contributed by atoms with Gasteiger partial charge >= 0.3 is 0 Å². The molecule has 0 saturated carbocycles. The molecule has 0 spiro atoms. The number of H-pyrrole nitrogens is 1. The number of nitrogens with one attached hydrogen (secondary N) is 2. The second kappa shape index (κ2) is 5.24. The van der Waals surface area contributed by atoms with Crippen molar-refractivity contribution in [1.82, 2.24) is 15.5 Å². The standard InChI is InChI=1S/C14H16BrN3/c15-11-5-3-4-10(8-11)12-9-17-18-14(12)13-6-1-2-7-16-13/h3-5,8-9,13,16H,1-2,6-7H2,(H,17,18). The molecule has 2 aromatic rings. The molecular formula is C14H16BrN3. The van der Waals surface area contributed by atoms with Crippen molar-refractivity contribution in [2.24, 2.45) is 0 Å². The Hall–Kier alpha value is -1.13. The van der Waals surface area contributed by atoms with Crippen molar-refractivity contribution in [3.8, 4) is 11.1 Å². The second-order valence-electron chi connectivity index (χ2n) is 4.71. The molecule has 0 bridgehead atoms. The van der Waals surface area contributed by atoms with Crippen LogP contribution in [0, 0.1) is 0 Å². The molecule has 1 aliphatic heterocycles. The monoisotopic (exact) mass is 305 g/mol. The highest BCUT2D eigenvalue weighted by Gasteiger charge is 2.20. The lowest BCUT2D eigenvalue weighted by Gasteiger charge is -2.23. The highest BCUT2D eigenvalue weighted by molar-refractivity contribution is 9.10. The van der Waals surface area contributed by atoms with E-state index in [1.165, 1.54) is 36.1 Å². The molecule has 1 aromatic carbocycles. The Morgan fingerprint density at radius 2 is 2.22 bits per heavy atom. The smallest absolute Gasteiger partial charge is 0.0599 e. The van der Waals surface area contributed by atoms with Gasteiger partial charge in [-0.2, -0.15) is 5.10 Å². The summed E-state index contributed by atoms with van der Waals surface area (Å²) < 4.78 is 1.10. The first-order chi connectivity index (χ1) is 8.84. The number of rotatable bonds is 2. The summed E-state index contributed by atoms with van der Waals surface area (Å²) in [7, 11) is 0. The number of hydrogen-bond donors (Lipinski definition) is 2. The van der Waals surface area contributed by atoms with E-state index >= 15 is 0 Å². The summed E-state index contributed by atoms with van der Waals surface area (Å²) in [5.74, 6) is 0. The van der Waals surface area contributed by atoms with E-state index in [0.717, 1.165) is 11.0 Å². The zero-order valence-corrected chi connectivity index (χ0v) is 11.7. The zero-order chi connectivity index (χ0) is 12.4. The number of hydrogen-bond acceptors (Lipinski definition) is 2. The molecular weight excluding hydrogens is 290 g/mol. The van der Waals surface area contributed by atoms with E-state index in [0.29, 0.717) is 6.04 Å². The Balaban J connectivity index is 1.95. The van der Waals surface area contributed by atoms with Gasteiger partial charge in [0.15, 0.2) is 0 Å². The molecule has 18 heavy (non-hydrogen) atoms. The summed E-state index contributed by atoms with van der Waals surface area (Å²) in [5, 5.41) is 11.0. The summed E-state index contributed by atoms with van der Waals surface area (Å²) in [5.41, 5.74) is 3.63. The molecule has 2 heterocycles. The predicted octanol–water partition coefficient (Wildman–Crippen LogP) is 3.65. The number of halogens is 1. The molecule has 94 valence electrons. The van der Waals surface area contributed by atoms with Gasteiger partial charge in [0.2, 0.25) is 0 Å². The van der Waals surface area contributed by atoms with Crippen LogP contribution in [0.25, 0.3) is 11.1 Å². The van der Waals surface area contributed by atoms with Crippen LogP contribution < -0.4 is 5.32 Å². The first-order valence-electron chi connectivity index (χ1n) is 6.37. The summed E-state index contributed by atoms with van der Waals surface area (Å²) in [6.07, 6.45) is 5.67. The van der Waals surface area contributed by atoms with Gasteiger partial charge in [-0.1, -0.05) is 34.5 Å². The Kier molecular flexibility index (Phi) is 3.48. The van der Waals surface area contributed by atoms with Gasteiger partial charge in [-0.3, -0.25) is 5.10 Å². The minimum Gasteiger partial charge on any atom is -0.309 e. The van der Waals surface area contributed by atoms with Crippen LogP contribution in [0.5, 0.6) is 0 Å². The van der Waals surface area contributed by atoms with Gasteiger partial charge in [0, 0.05) is 16.1 Å². The van der Waals surface area contributed by atoms with E-state index in [9.17, 15) is 0 Å². The van der Waals surface area contributed by atoms with Crippen molar-refractivity contribution in [2.75, 3.05) is 6.54 Å². The van der Waals surface area contributed by atoms with Crippen LogP contribution in [0.2, 0.25) is 0 Å². The van der Waals surface area contributed by atoms with E-state index in [4.69, 9.17) is 0 Å². The number of piperidine rings is 1. The maximum atomic E-state index is 4.22. The lowest BCUT2D eigenvalue weighted by Crippen LogP contribution is -2.27. The molecule has 0 aliphatic carbocycles. The number of nitrogens with zero attached hydrogens (tertiary/aromatic N) is 1. The van der Waals surface area contributed by atoms with Gasteiger partial charge in [-0.25, -0.2) is 0 Å². The third-order valence-corrected chi connectivity index (χ3v) is 3.96. The van der Waals surface area contributed by atoms with Crippen LogP contribution in [-0.2, 0) is 0 Å². The van der Waals surface area contributed by atoms with Gasteiger partial charge in [0.05, 0.1) is 11.9 Å². The molecule has 2 N–H and O–H groups in total. The average Bonchev–Trinajstić information content (AvgIpc) is 2.89. The average molecular weight is 306 g/mol. The summed E-state index contributed by atoms with van der Waals surface area (Å²) >= 11 is 3.52. The van der Waals surface area contributed by atoms with Crippen molar-refractivity contribution >= 4 is 15.9 Å². The quantitative estimate of drug-likeness (QED) is 0.889. The van der Waals surface area contributed by atoms with Gasteiger partial charge in [0.1, 0.15) is 0 Å². The van der Waals surface area contributed by atoms with Crippen LogP contribution in [-0.4, -0.2) is 16.7 Å².